The summed E-state index contributed by atoms with van der Waals surface area (Å²) in [6, 6.07) is 15.1. The average molecular weight is 542 g/mol. The predicted octanol–water partition coefficient (Wildman–Crippen LogP) is 3.06. The first-order chi connectivity index (χ1) is 18.5. The number of nitrogens with zero attached hydrogens (tertiary/aromatic N) is 1. The van der Waals surface area contributed by atoms with Gasteiger partial charge in [0.25, 0.3) is 6.29 Å². The van der Waals surface area contributed by atoms with Crippen molar-refractivity contribution in [1.82, 2.24) is 5.06 Å². The second-order valence-corrected chi connectivity index (χ2v) is 9.02. The minimum absolute atomic E-state index is 0.0180. The number of rotatable bonds is 9. The molecule has 0 N–H and O–H groups in total. The Labute approximate surface area is 223 Å². The van der Waals surface area contributed by atoms with Gasteiger partial charge in [-0.1, -0.05) is 69.2 Å². The zero-order valence-electron chi connectivity index (χ0n) is 21.6. The van der Waals surface area contributed by atoms with Crippen molar-refractivity contribution in [2.75, 3.05) is 0 Å². The maximum absolute atomic E-state index is 13.1. The molecule has 206 valence electrons. The Hall–Kier alpha value is -4.74. The molecule has 2 aromatic carbocycles. The lowest BCUT2D eigenvalue weighted by Crippen LogP contribution is -2.38. The molecule has 0 radical (unpaired) electrons. The number of benzene rings is 2. The van der Waals surface area contributed by atoms with E-state index in [1.165, 1.54) is 24.3 Å². The van der Waals surface area contributed by atoms with Crippen molar-refractivity contribution in [2.24, 2.45) is 11.8 Å². The van der Waals surface area contributed by atoms with E-state index >= 15 is 0 Å². The molecule has 39 heavy (non-hydrogen) atoms. The summed E-state index contributed by atoms with van der Waals surface area (Å²) in [7, 11) is 0. The number of ether oxygens (including phenoxy) is 4. The summed E-state index contributed by atoms with van der Waals surface area (Å²) in [5.41, 5.74) is 0.104. The Morgan fingerprint density at radius 1 is 0.692 bits per heavy atom. The maximum Gasteiger partial charge on any atom is 0.537 e. The molecule has 2 amide bonds. The molecule has 0 saturated carbocycles. The largest absolute Gasteiger partial charge is 0.537 e. The van der Waals surface area contributed by atoms with Gasteiger partial charge in [-0.3, -0.25) is 19.2 Å². The van der Waals surface area contributed by atoms with E-state index in [1.54, 1.807) is 64.1 Å². The van der Waals surface area contributed by atoms with Crippen LogP contribution < -0.4 is 0 Å². The van der Waals surface area contributed by atoms with Crippen molar-refractivity contribution >= 4 is 35.9 Å². The zero-order valence-corrected chi connectivity index (χ0v) is 21.6. The van der Waals surface area contributed by atoms with E-state index in [9.17, 15) is 28.8 Å². The van der Waals surface area contributed by atoms with Crippen molar-refractivity contribution in [3.05, 3.63) is 71.8 Å². The van der Waals surface area contributed by atoms with E-state index < -0.39 is 66.2 Å². The highest BCUT2D eigenvalue weighted by molar-refractivity contribution is 6.09. The van der Waals surface area contributed by atoms with Gasteiger partial charge in [0.15, 0.2) is 0 Å². The van der Waals surface area contributed by atoms with Gasteiger partial charge in [0, 0.05) is 5.92 Å². The summed E-state index contributed by atoms with van der Waals surface area (Å²) in [6.45, 7) is 6.34. The van der Waals surface area contributed by atoms with Crippen LogP contribution in [0.5, 0.6) is 0 Å². The van der Waals surface area contributed by atoms with Gasteiger partial charge in [0.1, 0.15) is 0 Å². The van der Waals surface area contributed by atoms with E-state index in [0.29, 0.717) is 0 Å². The molecule has 12 nitrogen and oxygen atoms in total. The first kappa shape index (κ1) is 28.8. The lowest BCUT2D eigenvalue weighted by Gasteiger charge is -2.22. The van der Waals surface area contributed by atoms with Crippen LogP contribution in [0, 0.1) is 11.8 Å². The van der Waals surface area contributed by atoms with Gasteiger partial charge in [-0.05, 0) is 24.3 Å². The molecular formula is C27H27NO11. The SMILES string of the molecule is CC(C)C(=O)OC(OC(=O)ON1C(=O)[C@@H](OC(=O)c2ccccc2)[C@H](OC(=O)c2ccccc2)C1=O)C(C)C. The Morgan fingerprint density at radius 3 is 1.51 bits per heavy atom. The summed E-state index contributed by atoms with van der Waals surface area (Å²) in [5, 5.41) is -0.0180. The second kappa shape index (κ2) is 12.7. The summed E-state index contributed by atoms with van der Waals surface area (Å²) in [6.07, 6.45) is -6.88. The third kappa shape index (κ3) is 7.18. The average Bonchev–Trinajstić information content (AvgIpc) is 3.12. The highest BCUT2D eigenvalue weighted by Crippen LogP contribution is 2.24. The highest BCUT2D eigenvalue weighted by atomic mass is 16.9. The van der Waals surface area contributed by atoms with E-state index in [0.717, 1.165) is 0 Å². The van der Waals surface area contributed by atoms with Crippen LogP contribution in [0.15, 0.2) is 60.7 Å². The van der Waals surface area contributed by atoms with Crippen molar-refractivity contribution < 1.29 is 52.6 Å². The molecule has 3 atom stereocenters. The van der Waals surface area contributed by atoms with Crippen LogP contribution in [0.25, 0.3) is 0 Å². The molecule has 1 saturated heterocycles. The molecule has 1 aliphatic heterocycles. The standard InChI is InChI=1S/C27H27NO11/c1-15(2)23(31)37-26(16(3)4)38-27(34)39-28-21(29)19(35-24(32)17-11-7-5-8-12-17)20(22(28)30)36-25(33)18-13-9-6-10-14-18/h5-16,19-20,26H,1-4H3/t19-,20-,26?/m0/s1. The normalized spacial score (nSPS) is 17.5. The van der Waals surface area contributed by atoms with Crippen molar-refractivity contribution in [2.45, 2.75) is 46.2 Å². The first-order valence-corrected chi connectivity index (χ1v) is 12.0. The topological polar surface area (TPSA) is 152 Å². The molecule has 2 aromatic rings. The minimum Gasteiger partial charge on any atom is -0.444 e. The van der Waals surface area contributed by atoms with Gasteiger partial charge >= 0.3 is 35.9 Å². The summed E-state index contributed by atoms with van der Waals surface area (Å²) in [4.78, 5) is 80.6. The van der Waals surface area contributed by atoms with E-state index in [-0.39, 0.29) is 16.2 Å². The quantitative estimate of drug-likeness (QED) is 0.199. The van der Waals surface area contributed by atoms with Gasteiger partial charge in [-0.15, -0.1) is 0 Å². The number of carbonyl (C=O) groups excluding carboxylic acids is 6. The monoisotopic (exact) mass is 541 g/mol. The lowest BCUT2D eigenvalue weighted by molar-refractivity contribution is -0.202. The van der Waals surface area contributed by atoms with Gasteiger partial charge in [-0.25, -0.2) is 14.4 Å². The fourth-order valence-corrected chi connectivity index (χ4v) is 3.17. The van der Waals surface area contributed by atoms with E-state index in [1.807, 2.05) is 0 Å². The number of hydrogen-bond acceptors (Lipinski definition) is 11. The van der Waals surface area contributed by atoms with Crippen LogP contribution in [0.4, 0.5) is 4.79 Å². The highest BCUT2D eigenvalue weighted by Gasteiger charge is 2.55. The number of carbonyl (C=O) groups is 6. The number of amides is 2. The number of hydrogen-bond donors (Lipinski definition) is 0. The fraction of sp³-hybridized carbons (Fsp3) is 0.333. The second-order valence-electron chi connectivity index (χ2n) is 9.02. The lowest BCUT2D eigenvalue weighted by atomic mass is 10.2. The molecule has 3 rings (SSSR count). The number of hydroxylamine groups is 2. The van der Waals surface area contributed by atoms with Gasteiger partial charge < -0.3 is 18.9 Å². The molecule has 12 heteroatoms. The van der Waals surface area contributed by atoms with Crippen LogP contribution in [-0.2, 0) is 38.2 Å². The molecule has 0 aromatic heterocycles. The third-order valence-electron chi connectivity index (χ3n) is 5.28. The minimum atomic E-state index is -1.97. The maximum atomic E-state index is 13.1. The van der Waals surface area contributed by atoms with Crippen LogP contribution in [0.3, 0.4) is 0 Å². The summed E-state index contributed by atoms with van der Waals surface area (Å²) in [5.74, 6) is -6.27. The van der Waals surface area contributed by atoms with Crippen molar-refractivity contribution in [3.63, 3.8) is 0 Å². The predicted molar refractivity (Wildman–Crippen MR) is 130 cm³/mol. The first-order valence-electron chi connectivity index (χ1n) is 12.0. The van der Waals surface area contributed by atoms with Crippen LogP contribution in [-0.4, -0.2) is 59.4 Å². The third-order valence-corrected chi connectivity index (χ3v) is 5.28. The molecule has 1 aliphatic rings. The van der Waals surface area contributed by atoms with Crippen LogP contribution >= 0.6 is 0 Å². The molecule has 0 bridgehead atoms. The van der Waals surface area contributed by atoms with Gasteiger partial charge in [-0.2, -0.15) is 0 Å². The number of imide groups is 1. The molecule has 1 unspecified atom stereocenters. The zero-order chi connectivity index (χ0) is 28.7. The van der Waals surface area contributed by atoms with Gasteiger partial charge in [0.05, 0.1) is 17.0 Å². The summed E-state index contributed by atoms with van der Waals surface area (Å²) < 4.78 is 20.5. The molecule has 1 fully saturated rings. The molecule has 1 heterocycles. The Balaban J connectivity index is 1.80. The van der Waals surface area contributed by atoms with Crippen LogP contribution in [0.1, 0.15) is 48.4 Å². The Kier molecular flexibility index (Phi) is 9.37. The van der Waals surface area contributed by atoms with Crippen LogP contribution in [0.2, 0.25) is 0 Å². The molecular weight excluding hydrogens is 514 g/mol. The van der Waals surface area contributed by atoms with E-state index in [2.05, 4.69) is 0 Å². The van der Waals surface area contributed by atoms with Gasteiger partial charge in [0.2, 0.25) is 12.2 Å². The van der Waals surface area contributed by atoms with Crippen molar-refractivity contribution in [3.8, 4) is 0 Å². The van der Waals surface area contributed by atoms with Crippen molar-refractivity contribution in [1.29, 1.82) is 0 Å². The van der Waals surface area contributed by atoms with E-state index in [4.69, 9.17) is 23.8 Å². The Bertz CT molecular complexity index is 1160. The fourth-order valence-electron chi connectivity index (χ4n) is 3.17. The molecule has 0 spiro atoms. The smallest absolute Gasteiger partial charge is 0.444 e. The molecule has 0 aliphatic carbocycles. The Morgan fingerprint density at radius 2 is 1.13 bits per heavy atom. The number of esters is 3. The summed E-state index contributed by atoms with van der Waals surface area (Å²) >= 11 is 0.